The van der Waals surface area contributed by atoms with Gasteiger partial charge in [0.05, 0.1) is 12.1 Å². The molecule has 1 aromatic heterocycles. The van der Waals surface area contributed by atoms with Crippen LogP contribution in [0.3, 0.4) is 0 Å². The number of hydrogen-bond acceptors (Lipinski definition) is 6. The van der Waals surface area contributed by atoms with Crippen LogP contribution < -0.4 is 16.0 Å². The topological polar surface area (TPSA) is 83.1 Å². The number of thioether (sulfide) groups is 1. The minimum Gasteiger partial charge on any atom is -0.372 e. The molecule has 33 heavy (non-hydrogen) atoms. The monoisotopic (exact) mass is 462 g/mol. The molecule has 172 valence electrons. The van der Waals surface area contributed by atoms with E-state index in [2.05, 4.69) is 66.0 Å². The number of rotatable bonds is 4. The number of ketones is 1. The van der Waals surface area contributed by atoms with Gasteiger partial charge in [0.15, 0.2) is 5.78 Å². The van der Waals surface area contributed by atoms with E-state index >= 15 is 0 Å². The SMILES string of the molecule is Cc1ccc(CSC2NC(=O)C3C(NC4=C(C(=O)CC(C)(C)C4)C3c3ccncc3)N2)cc1. The third kappa shape index (κ3) is 4.44. The maximum absolute atomic E-state index is 13.4. The number of aryl methyl sites for hydroxylation is 1. The van der Waals surface area contributed by atoms with Gasteiger partial charge in [-0.3, -0.25) is 19.9 Å². The normalized spacial score (nSPS) is 28.5. The molecule has 1 aliphatic carbocycles. The van der Waals surface area contributed by atoms with Gasteiger partial charge in [0.25, 0.3) is 0 Å². The second-order valence-electron chi connectivity index (χ2n) is 10.1. The lowest BCUT2D eigenvalue weighted by atomic mass is 9.66. The van der Waals surface area contributed by atoms with Crippen LogP contribution in [0, 0.1) is 18.3 Å². The minimum absolute atomic E-state index is 0.0290. The molecule has 2 aromatic rings. The van der Waals surface area contributed by atoms with Crippen molar-refractivity contribution in [3.63, 3.8) is 0 Å². The van der Waals surface area contributed by atoms with Crippen molar-refractivity contribution in [2.75, 3.05) is 0 Å². The van der Waals surface area contributed by atoms with Crippen molar-refractivity contribution in [1.82, 2.24) is 20.9 Å². The average Bonchev–Trinajstić information content (AvgIpc) is 2.77. The summed E-state index contributed by atoms with van der Waals surface area (Å²) in [7, 11) is 0. The number of nitrogens with zero attached hydrogens (tertiary/aromatic N) is 1. The van der Waals surface area contributed by atoms with E-state index in [-0.39, 0.29) is 34.7 Å². The van der Waals surface area contributed by atoms with Crippen molar-refractivity contribution in [2.24, 2.45) is 11.3 Å². The molecule has 0 spiro atoms. The molecule has 1 amide bonds. The van der Waals surface area contributed by atoms with Crippen LogP contribution in [-0.4, -0.2) is 28.3 Å². The predicted molar refractivity (Wildman–Crippen MR) is 130 cm³/mol. The number of allylic oxidation sites excluding steroid dienone is 2. The molecular weight excluding hydrogens is 432 g/mol. The lowest BCUT2D eigenvalue weighted by Crippen LogP contribution is -2.68. The van der Waals surface area contributed by atoms with Gasteiger partial charge in [-0.25, -0.2) is 0 Å². The van der Waals surface area contributed by atoms with Gasteiger partial charge >= 0.3 is 0 Å². The van der Waals surface area contributed by atoms with Crippen molar-refractivity contribution >= 4 is 23.5 Å². The summed E-state index contributed by atoms with van der Waals surface area (Å²) in [5, 5.41) is 10.3. The Morgan fingerprint density at radius 3 is 2.48 bits per heavy atom. The number of carbonyl (C=O) groups is 2. The molecular formula is C26H30N4O2S. The largest absolute Gasteiger partial charge is 0.372 e. The Bertz CT molecular complexity index is 1100. The van der Waals surface area contributed by atoms with Gasteiger partial charge in [-0.1, -0.05) is 43.7 Å². The first-order chi connectivity index (χ1) is 15.8. The third-order valence-electron chi connectivity index (χ3n) is 6.79. The second kappa shape index (κ2) is 8.61. The van der Waals surface area contributed by atoms with E-state index < -0.39 is 5.92 Å². The van der Waals surface area contributed by atoms with Crippen molar-refractivity contribution < 1.29 is 9.59 Å². The van der Waals surface area contributed by atoms with Gasteiger partial charge < -0.3 is 10.6 Å². The molecule has 6 nitrogen and oxygen atoms in total. The lowest BCUT2D eigenvalue weighted by Gasteiger charge is -2.48. The second-order valence-corrected chi connectivity index (χ2v) is 11.2. The zero-order valence-corrected chi connectivity index (χ0v) is 20.0. The van der Waals surface area contributed by atoms with E-state index in [1.807, 2.05) is 12.1 Å². The Morgan fingerprint density at radius 1 is 1.03 bits per heavy atom. The standard InChI is InChI=1S/C26H30N4O2S/c1-15-4-6-16(7-5-15)14-33-25-29-23-22(24(32)30-25)20(17-8-10-27-11-9-17)21-18(28-23)12-26(2,3)13-19(21)31/h4-11,20,22-23,25,28-29H,12-14H2,1-3H3,(H,30,32). The van der Waals surface area contributed by atoms with E-state index in [1.54, 1.807) is 24.2 Å². The molecule has 4 unspecified atom stereocenters. The van der Waals surface area contributed by atoms with E-state index in [9.17, 15) is 9.59 Å². The Balaban J connectivity index is 1.43. The number of fused-ring (bicyclic) bond motifs is 1. The van der Waals surface area contributed by atoms with Gasteiger partial charge in [0.2, 0.25) is 5.91 Å². The van der Waals surface area contributed by atoms with Crippen molar-refractivity contribution in [2.45, 2.75) is 56.9 Å². The van der Waals surface area contributed by atoms with Crippen LogP contribution >= 0.6 is 11.8 Å². The molecule has 7 heteroatoms. The number of benzene rings is 1. The van der Waals surface area contributed by atoms with Crippen LogP contribution in [0.15, 0.2) is 60.1 Å². The van der Waals surface area contributed by atoms with Crippen LogP contribution in [0.1, 0.15) is 49.3 Å². The molecule has 0 bridgehead atoms. The first-order valence-corrected chi connectivity index (χ1v) is 12.5. The molecule has 1 aromatic carbocycles. The Hall–Kier alpha value is -2.64. The van der Waals surface area contributed by atoms with E-state index in [1.165, 1.54) is 11.1 Å². The highest BCUT2D eigenvalue weighted by Crippen LogP contribution is 2.47. The average molecular weight is 463 g/mol. The molecule has 0 saturated carbocycles. The molecule has 3 N–H and O–H groups in total. The van der Waals surface area contributed by atoms with Crippen LogP contribution in [0.4, 0.5) is 0 Å². The number of nitrogens with one attached hydrogen (secondary N) is 3. The smallest absolute Gasteiger partial charge is 0.229 e. The fourth-order valence-corrected chi connectivity index (χ4v) is 6.24. The van der Waals surface area contributed by atoms with Crippen LogP contribution in [0.5, 0.6) is 0 Å². The summed E-state index contributed by atoms with van der Waals surface area (Å²) in [4.78, 5) is 30.9. The van der Waals surface area contributed by atoms with Gasteiger partial charge in [-0.05, 0) is 42.0 Å². The maximum atomic E-state index is 13.4. The fourth-order valence-electron chi connectivity index (χ4n) is 5.25. The summed E-state index contributed by atoms with van der Waals surface area (Å²) >= 11 is 1.67. The number of Topliss-reactive ketones (excluding diaryl/α,β-unsaturated/α-hetero) is 1. The Kier molecular flexibility index (Phi) is 5.79. The zero-order valence-electron chi connectivity index (χ0n) is 19.2. The van der Waals surface area contributed by atoms with Crippen LogP contribution in [0.2, 0.25) is 0 Å². The quantitative estimate of drug-likeness (QED) is 0.644. The van der Waals surface area contributed by atoms with Crippen molar-refractivity contribution in [3.05, 3.63) is 76.8 Å². The summed E-state index contributed by atoms with van der Waals surface area (Å²) in [5.74, 6) is 0.209. The highest BCUT2D eigenvalue weighted by atomic mass is 32.2. The third-order valence-corrected chi connectivity index (χ3v) is 7.88. The molecule has 1 saturated heterocycles. The summed E-state index contributed by atoms with van der Waals surface area (Å²) < 4.78 is 0. The predicted octanol–water partition coefficient (Wildman–Crippen LogP) is 3.60. The molecule has 3 aliphatic rings. The molecule has 4 atom stereocenters. The summed E-state index contributed by atoms with van der Waals surface area (Å²) in [6.07, 6.45) is 4.52. The van der Waals surface area contributed by atoms with E-state index in [4.69, 9.17) is 0 Å². The zero-order chi connectivity index (χ0) is 23.2. The number of aromatic nitrogens is 1. The Labute approximate surface area is 199 Å². The number of amides is 1. The van der Waals surface area contributed by atoms with Crippen molar-refractivity contribution in [1.29, 1.82) is 0 Å². The molecule has 2 aliphatic heterocycles. The number of pyridine rings is 1. The first-order valence-electron chi connectivity index (χ1n) is 11.5. The summed E-state index contributed by atoms with van der Waals surface area (Å²) in [6, 6.07) is 12.3. The molecule has 5 rings (SSSR count). The fraction of sp³-hybridized carbons (Fsp3) is 0.423. The van der Waals surface area contributed by atoms with Crippen LogP contribution in [-0.2, 0) is 15.3 Å². The van der Waals surface area contributed by atoms with E-state index in [0.717, 1.165) is 29.0 Å². The summed E-state index contributed by atoms with van der Waals surface area (Å²) in [6.45, 7) is 6.34. The number of hydrogen-bond donors (Lipinski definition) is 3. The first kappa shape index (κ1) is 22.2. The molecule has 1 fully saturated rings. The van der Waals surface area contributed by atoms with Gasteiger partial charge in [-0.2, -0.15) is 0 Å². The van der Waals surface area contributed by atoms with Gasteiger partial charge in [0, 0.05) is 41.8 Å². The number of carbonyl (C=O) groups excluding carboxylic acids is 2. The summed E-state index contributed by atoms with van der Waals surface area (Å²) in [5.41, 5.74) is 4.85. The molecule has 3 heterocycles. The molecule has 0 radical (unpaired) electrons. The van der Waals surface area contributed by atoms with Gasteiger partial charge in [0.1, 0.15) is 5.50 Å². The van der Waals surface area contributed by atoms with Gasteiger partial charge in [-0.15, -0.1) is 11.8 Å². The Morgan fingerprint density at radius 2 is 1.76 bits per heavy atom. The van der Waals surface area contributed by atoms with E-state index in [0.29, 0.717) is 6.42 Å². The van der Waals surface area contributed by atoms with Crippen molar-refractivity contribution in [3.8, 4) is 0 Å². The highest BCUT2D eigenvalue weighted by molar-refractivity contribution is 7.99. The highest BCUT2D eigenvalue weighted by Gasteiger charge is 2.50. The minimum atomic E-state index is -0.410. The maximum Gasteiger partial charge on any atom is 0.229 e. The lowest BCUT2D eigenvalue weighted by molar-refractivity contribution is -0.130. The van der Waals surface area contributed by atoms with Crippen LogP contribution in [0.25, 0.3) is 0 Å².